The van der Waals surface area contributed by atoms with Gasteiger partial charge in [-0.25, -0.2) is 0 Å². The Bertz CT molecular complexity index is 379. The first-order chi connectivity index (χ1) is 6.93. The van der Waals surface area contributed by atoms with Crippen molar-refractivity contribution < 1.29 is 25.2 Å². The standard InChI is InChI=1S/C9H11NO5/c10-7(9(14)15)8(13)4-1-2-5(11)6(12)3-4/h1-3,7-8,11-13H,10H2,(H,14,15)/t7-,8+/m0/s1/i1+1,2+1,3+1,4+1,5+1,6+1. The van der Waals surface area contributed by atoms with Crippen LogP contribution in [0.2, 0.25) is 0 Å². The highest BCUT2D eigenvalue weighted by atomic mass is 16.4. The van der Waals surface area contributed by atoms with Crippen LogP contribution in [0.3, 0.4) is 0 Å². The van der Waals surface area contributed by atoms with Crippen LogP contribution in [0.1, 0.15) is 11.7 Å². The van der Waals surface area contributed by atoms with Gasteiger partial charge in [-0.05, 0) is 17.7 Å². The summed E-state index contributed by atoms with van der Waals surface area (Å²) in [5.74, 6) is -2.14. The van der Waals surface area contributed by atoms with Crippen LogP contribution in [-0.2, 0) is 4.79 Å². The Morgan fingerprint density at radius 1 is 1.27 bits per heavy atom. The van der Waals surface area contributed by atoms with Gasteiger partial charge in [0.15, 0.2) is 11.5 Å². The molecule has 6 nitrogen and oxygen atoms in total. The number of phenolic OH excluding ortho intramolecular Hbond substituents is 2. The van der Waals surface area contributed by atoms with E-state index >= 15 is 0 Å². The van der Waals surface area contributed by atoms with Crippen LogP contribution >= 0.6 is 0 Å². The summed E-state index contributed by atoms with van der Waals surface area (Å²) in [5.41, 5.74) is 5.31. The quantitative estimate of drug-likeness (QED) is 0.438. The van der Waals surface area contributed by atoms with Gasteiger partial charge in [-0.2, -0.15) is 0 Å². The van der Waals surface area contributed by atoms with Crippen LogP contribution in [0.25, 0.3) is 0 Å². The highest BCUT2D eigenvalue weighted by Gasteiger charge is 2.24. The van der Waals surface area contributed by atoms with Gasteiger partial charge in [-0.3, -0.25) is 4.79 Å². The van der Waals surface area contributed by atoms with E-state index in [-0.39, 0.29) is 11.3 Å². The summed E-state index contributed by atoms with van der Waals surface area (Å²) >= 11 is 0. The molecule has 0 bridgehead atoms. The number of aliphatic carboxylic acids is 1. The zero-order valence-corrected chi connectivity index (χ0v) is 7.66. The molecule has 0 spiro atoms. The fraction of sp³-hybridized carbons (Fsp3) is 0.222. The first kappa shape index (κ1) is 11.3. The van der Waals surface area contributed by atoms with Gasteiger partial charge in [-0.15, -0.1) is 0 Å². The number of carbonyl (C=O) groups is 1. The van der Waals surface area contributed by atoms with Gasteiger partial charge in [0.25, 0.3) is 0 Å². The van der Waals surface area contributed by atoms with Gasteiger partial charge in [0.2, 0.25) is 0 Å². The third kappa shape index (κ3) is 2.36. The molecule has 0 aliphatic rings. The second-order valence-electron chi connectivity index (χ2n) is 3.06. The number of nitrogens with two attached hydrogens (primary N) is 1. The first-order valence-corrected chi connectivity index (χ1v) is 4.12. The molecule has 0 radical (unpaired) electrons. The lowest BCUT2D eigenvalue weighted by Gasteiger charge is -2.15. The number of carboxylic acids is 1. The fourth-order valence-corrected chi connectivity index (χ4v) is 1.07. The van der Waals surface area contributed by atoms with Crippen LogP contribution in [0.4, 0.5) is 0 Å². The number of hydrogen-bond donors (Lipinski definition) is 5. The molecule has 0 saturated heterocycles. The van der Waals surface area contributed by atoms with Gasteiger partial charge in [0.05, 0.1) is 0 Å². The van der Waals surface area contributed by atoms with Crippen molar-refractivity contribution in [1.29, 1.82) is 0 Å². The van der Waals surface area contributed by atoms with E-state index < -0.39 is 23.9 Å². The topological polar surface area (TPSA) is 124 Å². The van der Waals surface area contributed by atoms with E-state index in [4.69, 9.17) is 21.1 Å². The Kier molecular flexibility index (Phi) is 3.13. The average molecular weight is 219 g/mol. The number of aliphatic hydroxyl groups excluding tert-OH is 1. The summed E-state index contributed by atoms with van der Waals surface area (Å²) in [6.45, 7) is 0. The maximum atomic E-state index is 10.5. The first-order valence-electron chi connectivity index (χ1n) is 4.12. The summed E-state index contributed by atoms with van der Waals surface area (Å²) in [4.78, 5) is 10.5. The second kappa shape index (κ2) is 4.16. The third-order valence-corrected chi connectivity index (χ3v) is 1.97. The number of carboxylic acid groups (broad SMARTS) is 1. The smallest absolute Gasteiger partial charge is 0.323 e. The van der Waals surface area contributed by atoms with Crippen molar-refractivity contribution >= 4 is 5.97 Å². The van der Waals surface area contributed by atoms with E-state index in [1.807, 2.05) is 0 Å². The monoisotopic (exact) mass is 219 g/mol. The molecule has 0 aliphatic carbocycles. The largest absolute Gasteiger partial charge is 0.504 e. The number of hydrogen-bond acceptors (Lipinski definition) is 5. The lowest BCUT2D eigenvalue weighted by molar-refractivity contribution is -0.141. The van der Waals surface area contributed by atoms with Crippen LogP contribution in [-0.4, -0.2) is 32.4 Å². The van der Waals surface area contributed by atoms with Crippen LogP contribution < -0.4 is 5.73 Å². The van der Waals surface area contributed by atoms with E-state index in [1.54, 1.807) is 0 Å². The molecule has 2 atom stereocenters. The van der Waals surface area contributed by atoms with Crippen molar-refractivity contribution in [1.82, 2.24) is 0 Å². The molecule has 1 rings (SSSR count). The van der Waals surface area contributed by atoms with Gasteiger partial charge in [0.1, 0.15) is 12.1 Å². The minimum atomic E-state index is -1.48. The SMILES string of the molecule is N[C@H](C(=O)O)[C@H](O)[13c]1[13cH][13cH][13c](O)[13c](O)[13cH]1. The number of aliphatic hydroxyl groups is 1. The molecule has 6 heteroatoms. The van der Waals surface area contributed by atoms with Crippen molar-refractivity contribution in [3.8, 4) is 11.5 Å². The minimum Gasteiger partial charge on any atom is -0.504 e. The van der Waals surface area contributed by atoms with E-state index in [9.17, 15) is 9.90 Å². The maximum Gasteiger partial charge on any atom is 0.323 e. The molecule has 0 unspecified atom stereocenters. The highest BCUT2D eigenvalue weighted by Crippen LogP contribution is 2.28. The van der Waals surface area contributed by atoms with Crippen LogP contribution in [0.5, 0.6) is 11.5 Å². The van der Waals surface area contributed by atoms with Crippen molar-refractivity contribution in [3.63, 3.8) is 0 Å². The molecule has 6 N–H and O–H groups in total. The van der Waals surface area contributed by atoms with E-state index in [0.29, 0.717) is 0 Å². The predicted octanol–water partition coefficient (Wildman–Crippen LogP) is -0.457. The molecule has 0 heterocycles. The second-order valence-corrected chi connectivity index (χ2v) is 3.06. The predicted molar refractivity (Wildman–Crippen MR) is 50.3 cm³/mol. The Morgan fingerprint density at radius 3 is 2.33 bits per heavy atom. The lowest BCUT2D eigenvalue weighted by atomic mass is 10.2. The Balaban J connectivity index is 2.96. The Morgan fingerprint density at radius 2 is 1.87 bits per heavy atom. The Hall–Kier alpha value is -1.79. The van der Waals surface area contributed by atoms with Crippen molar-refractivity contribution in [2.75, 3.05) is 0 Å². The molecule has 82 valence electrons. The summed E-state index contributed by atoms with van der Waals surface area (Å²) in [7, 11) is 0. The molecule has 0 aliphatic heterocycles. The Labute approximate surface area is 85.2 Å². The van der Waals surface area contributed by atoms with E-state index in [1.165, 1.54) is 6.07 Å². The van der Waals surface area contributed by atoms with Gasteiger partial charge < -0.3 is 26.2 Å². The zero-order chi connectivity index (χ0) is 11.6. The lowest BCUT2D eigenvalue weighted by Crippen LogP contribution is -2.36. The van der Waals surface area contributed by atoms with Crippen molar-refractivity contribution in [2.24, 2.45) is 5.73 Å². The molecule has 1 aromatic carbocycles. The average Bonchev–Trinajstić information content (AvgIpc) is 2.19. The molecule has 15 heavy (non-hydrogen) atoms. The number of phenols is 2. The molecule has 0 fully saturated rings. The molecular formula is C9H11NO5. The normalized spacial score (nSPS) is 14.5. The van der Waals surface area contributed by atoms with Crippen molar-refractivity contribution in [3.05, 3.63) is 23.8 Å². The van der Waals surface area contributed by atoms with Crippen LogP contribution in [0.15, 0.2) is 18.2 Å². The number of aromatic hydroxyl groups is 2. The molecule has 0 aromatic heterocycles. The zero-order valence-electron chi connectivity index (χ0n) is 7.66. The molecule has 0 saturated carbocycles. The van der Waals surface area contributed by atoms with Gasteiger partial charge in [-0.1, -0.05) is 6.07 Å². The minimum absolute atomic E-state index is 0.125. The summed E-state index contributed by atoms with van der Waals surface area (Å²) in [5, 5.41) is 36.1. The summed E-state index contributed by atoms with van der Waals surface area (Å²) in [6.07, 6.45) is -1.44. The van der Waals surface area contributed by atoms with Crippen molar-refractivity contribution in [2.45, 2.75) is 12.1 Å². The van der Waals surface area contributed by atoms with E-state index in [2.05, 4.69) is 0 Å². The molecule has 1 aromatic rings. The molecular weight excluding hydrogens is 208 g/mol. The maximum absolute atomic E-state index is 10.5. The van der Waals surface area contributed by atoms with Gasteiger partial charge >= 0.3 is 5.97 Å². The molecule has 0 amide bonds. The highest BCUT2D eigenvalue weighted by molar-refractivity contribution is 5.74. The number of rotatable bonds is 3. The van der Waals surface area contributed by atoms with Gasteiger partial charge in [0, 0.05) is 0 Å². The van der Waals surface area contributed by atoms with Crippen LogP contribution in [0, 0.1) is 0 Å². The third-order valence-electron chi connectivity index (χ3n) is 1.97. The van der Waals surface area contributed by atoms with E-state index in [0.717, 1.165) is 12.1 Å². The number of benzene rings is 1. The fourth-order valence-electron chi connectivity index (χ4n) is 1.07. The summed E-state index contributed by atoms with van der Waals surface area (Å²) in [6, 6.07) is 2.00. The summed E-state index contributed by atoms with van der Waals surface area (Å²) < 4.78 is 0.